The van der Waals surface area contributed by atoms with Crippen LogP contribution in [0.4, 0.5) is 0 Å². The molecule has 3 heteroatoms. The maximum Gasteiger partial charge on any atom is 0.0991 e. The molecule has 8 aromatic carbocycles. The second-order valence-electron chi connectivity index (χ2n) is 12.5. The molecule has 3 nitrogen and oxygen atoms in total. The predicted molar refractivity (Wildman–Crippen MR) is 200 cm³/mol. The van der Waals surface area contributed by atoms with E-state index >= 15 is 0 Å². The molecule has 0 aliphatic rings. The largest absolute Gasteiger partial charge is 0.309 e. The quantitative estimate of drug-likeness (QED) is 0.183. The molecular weight excluding hydrogens is 583 g/mol. The molecule has 0 aliphatic carbocycles. The molecule has 0 unspecified atom stereocenters. The lowest BCUT2D eigenvalue weighted by atomic mass is 9.98. The zero-order valence-electron chi connectivity index (χ0n) is 25.9. The van der Waals surface area contributed by atoms with Crippen LogP contribution in [0.2, 0.25) is 0 Å². The van der Waals surface area contributed by atoms with Gasteiger partial charge in [-0.1, -0.05) is 97.1 Å². The van der Waals surface area contributed by atoms with Crippen molar-refractivity contribution in [2.45, 2.75) is 0 Å². The van der Waals surface area contributed by atoms with Crippen LogP contribution in [0.5, 0.6) is 0 Å². The molecule has 0 fully saturated rings. The van der Waals surface area contributed by atoms with E-state index in [1.54, 1.807) is 0 Å². The molecule has 0 radical (unpaired) electrons. The van der Waals surface area contributed by atoms with Crippen molar-refractivity contribution >= 4 is 65.2 Å². The zero-order chi connectivity index (χ0) is 31.8. The molecule has 0 saturated carbocycles. The fourth-order valence-electron chi connectivity index (χ4n) is 7.76. The van der Waals surface area contributed by atoms with Crippen molar-refractivity contribution < 1.29 is 0 Å². The van der Waals surface area contributed by atoms with Crippen LogP contribution in [0.3, 0.4) is 0 Å². The number of nitrogens with zero attached hydrogens (tertiary/aromatic N) is 3. The molecule has 2 aromatic heterocycles. The van der Waals surface area contributed by atoms with E-state index in [0.717, 1.165) is 32.9 Å². The Kier molecular flexibility index (Phi) is 5.64. The van der Waals surface area contributed by atoms with E-state index in [1.165, 1.54) is 54.7 Å². The summed E-state index contributed by atoms with van der Waals surface area (Å²) in [6, 6.07) is 60.9. The molecule has 0 aliphatic heterocycles. The zero-order valence-corrected chi connectivity index (χ0v) is 25.9. The van der Waals surface area contributed by atoms with Gasteiger partial charge in [0.1, 0.15) is 0 Å². The van der Waals surface area contributed by atoms with Crippen LogP contribution >= 0.6 is 0 Å². The van der Waals surface area contributed by atoms with Crippen LogP contribution in [0.15, 0.2) is 164 Å². The summed E-state index contributed by atoms with van der Waals surface area (Å²) in [4.78, 5) is 0. The Morgan fingerprint density at radius 3 is 1.58 bits per heavy atom. The van der Waals surface area contributed by atoms with E-state index in [-0.39, 0.29) is 0 Å². The SMILES string of the molecule is N#Cc1ccc2cc(-n3c4ccccc4c4cc(-c5ccc6c(c5)c5ccccc5n6-c5ccccc5)ccc43)c3ccccc3c2c1. The average molecular weight is 610 g/mol. The predicted octanol–water partition coefficient (Wildman–Crippen LogP) is 11.7. The first-order valence-electron chi connectivity index (χ1n) is 16.2. The van der Waals surface area contributed by atoms with Gasteiger partial charge in [0.05, 0.1) is 39.4 Å². The summed E-state index contributed by atoms with van der Waals surface area (Å²) in [5.74, 6) is 0. The van der Waals surface area contributed by atoms with Crippen molar-refractivity contribution in [2.24, 2.45) is 0 Å². The second-order valence-corrected chi connectivity index (χ2v) is 12.5. The Morgan fingerprint density at radius 2 is 0.917 bits per heavy atom. The first kappa shape index (κ1) is 26.6. The van der Waals surface area contributed by atoms with Crippen LogP contribution in [0.25, 0.3) is 87.7 Å². The lowest BCUT2D eigenvalue weighted by Crippen LogP contribution is -1.96. The Bertz CT molecular complexity index is 2950. The van der Waals surface area contributed by atoms with E-state index in [0.29, 0.717) is 5.56 Å². The number of nitriles is 1. The molecule has 48 heavy (non-hydrogen) atoms. The van der Waals surface area contributed by atoms with Crippen molar-refractivity contribution in [1.29, 1.82) is 5.26 Å². The summed E-state index contributed by atoms with van der Waals surface area (Å²) in [5.41, 5.74) is 10.1. The standard InChI is InChI=1S/C45H27N3/c46-28-29-18-19-32-27-45(35-13-5-4-12-34(35)38(32)24-29)48-42-17-9-7-15-37(42)40-26-31(21-23-44(40)48)30-20-22-43-39(25-30)36-14-6-8-16-41(36)47(43)33-10-2-1-3-11-33/h1-27H. The van der Waals surface area contributed by atoms with Gasteiger partial charge in [-0.15, -0.1) is 0 Å². The van der Waals surface area contributed by atoms with Crippen LogP contribution in [-0.2, 0) is 0 Å². The molecule has 0 N–H and O–H groups in total. The number of rotatable bonds is 3. The smallest absolute Gasteiger partial charge is 0.0991 e. The highest BCUT2D eigenvalue weighted by atomic mass is 15.0. The van der Waals surface area contributed by atoms with E-state index in [2.05, 4.69) is 167 Å². The van der Waals surface area contributed by atoms with Crippen LogP contribution < -0.4 is 0 Å². The summed E-state index contributed by atoms with van der Waals surface area (Å²) >= 11 is 0. The first-order valence-corrected chi connectivity index (χ1v) is 16.2. The molecular formula is C45H27N3. The van der Waals surface area contributed by atoms with Gasteiger partial charge in [0.15, 0.2) is 0 Å². The van der Waals surface area contributed by atoms with Gasteiger partial charge in [0, 0.05) is 32.6 Å². The molecule has 0 amide bonds. The number of hydrogen-bond acceptors (Lipinski definition) is 1. The highest BCUT2D eigenvalue weighted by molar-refractivity contribution is 6.16. The van der Waals surface area contributed by atoms with Gasteiger partial charge in [-0.25, -0.2) is 0 Å². The van der Waals surface area contributed by atoms with Crippen LogP contribution in [0, 0.1) is 11.3 Å². The van der Waals surface area contributed by atoms with Gasteiger partial charge >= 0.3 is 0 Å². The number of para-hydroxylation sites is 3. The van der Waals surface area contributed by atoms with E-state index < -0.39 is 0 Å². The van der Waals surface area contributed by atoms with Crippen molar-refractivity contribution in [3.8, 4) is 28.6 Å². The maximum absolute atomic E-state index is 9.61. The van der Waals surface area contributed by atoms with E-state index in [4.69, 9.17) is 0 Å². The molecule has 10 aromatic rings. The Hall–Kier alpha value is -6.63. The van der Waals surface area contributed by atoms with Gasteiger partial charge in [-0.3, -0.25) is 0 Å². The van der Waals surface area contributed by atoms with Gasteiger partial charge < -0.3 is 9.13 Å². The molecule has 0 bridgehead atoms. The monoisotopic (exact) mass is 609 g/mol. The third-order valence-electron chi connectivity index (χ3n) is 9.90. The van der Waals surface area contributed by atoms with Gasteiger partial charge in [0.25, 0.3) is 0 Å². The minimum atomic E-state index is 0.674. The van der Waals surface area contributed by atoms with Gasteiger partial charge in [-0.05, 0) is 94.0 Å². The summed E-state index contributed by atoms with van der Waals surface area (Å²) in [5, 5.41) is 19.1. The minimum absolute atomic E-state index is 0.674. The van der Waals surface area contributed by atoms with Crippen molar-refractivity contribution in [1.82, 2.24) is 9.13 Å². The van der Waals surface area contributed by atoms with Crippen LogP contribution in [0.1, 0.15) is 5.56 Å². The molecule has 10 rings (SSSR count). The fourth-order valence-corrected chi connectivity index (χ4v) is 7.76. The molecule has 0 atom stereocenters. The first-order chi connectivity index (χ1) is 23.8. The maximum atomic E-state index is 9.61. The minimum Gasteiger partial charge on any atom is -0.309 e. The van der Waals surface area contributed by atoms with Crippen molar-refractivity contribution in [3.05, 3.63) is 169 Å². The molecule has 0 spiro atoms. The highest BCUT2D eigenvalue weighted by Gasteiger charge is 2.18. The highest BCUT2D eigenvalue weighted by Crippen LogP contribution is 2.40. The summed E-state index contributed by atoms with van der Waals surface area (Å²) in [6.07, 6.45) is 0. The summed E-state index contributed by atoms with van der Waals surface area (Å²) in [6.45, 7) is 0. The average Bonchev–Trinajstić information content (AvgIpc) is 3.67. The van der Waals surface area contributed by atoms with Crippen LogP contribution in [-0.4, -0.2) is 9.13 Å². The summed E-state index contributed by atoms with van der Waals surface area (Å²) in [7, 11) is 0. The van der Waals surface area contributed by atoms with E-state index in [1.807, 2.05) is 12.1 Å². The molecule has 2 heterocycles. The molecule has 222 valence electrons. The lowest BCUT2D eigenvalue weighted by molar-refractivity contribution is 1.18. The Morgan fingerprint density at radius 1 is 0.375 bits per heavy atom. The molecule has 0 saturated heterocycles. The van der Waals surface area contributed by atoms with Gasteiger partial charge in [0.2, 0.25) is 0 Å². The number of hydrogen-bond donors (Lipinski definition) is 0. The topological polar surface area (TPSA) is 33.6 Å². The van der Waals surface area contributed by atoms with Gasteiger partial charge in [-0.2, -0.15) is 5.26 Å². The normalized spacial score (nSPS) is 11.7. The Labute approximate surface area is 276 Å². The summed E-state index contributed by atoms with van der Waals surface area (Å²) < 4.78 is 4.77. The number of fused-ring (bicyclic) bond motifs is 9. The van der Waals surface area contributed by atoms with Crippen molar-refractivity contribution in [2.75, 3.05) is 0 Å². The Balaban J connectivity index is 1.21. The van der Waals surface area contributed by atoms with E-state index in [9.17, 15) is 5.26 Å². The third kappa shape index (κ3) is 3.81. The lowest BCUT2D eigenvalue weighted by Gasteiger charge is -2.14. The fraction of sp³-hybridized carbons (Fsp3) is 0. The number of aromatic nitrogens is 2. The second kappa shape index (κ2) is 10.2. The number of benzene rings is 8. The van der Waals surface area contributed by atoms with Crippen molar-refractivity contribution in [3.63, 3.8) is 0 Å². The third-order valence-corrected chi connectivity index (χ3v) is 9.90.